The Labute approximate surface area is 88.8 Å². The molecule has 1 rings (SSSR count). The van der Waals surface area contributed by atoms with Gasteiger partial charge in [0.25, 0.3) is 0 Å². The molecule has 15 heavy (non-hydrogen) atoms. The van der Waals surface area contributed by atoms with E-state index in [1.807, 2.05) is 0 Å². The van der Waals surface area contributed by atoms with Crippen molar-refractivity contribution in [3.05, 3.63) is 0 Å². The van der Waals surface area contributed by atoms with E-state index in [1.54, 1.807) is 20.8 Å². The van der Waals surface area contributed by atoms with Crippen molar-refractivity contribution in [1.82, 2.24) is 5.32 Å². The quantitative estimate of drug-likeness (QED) is 0.652. The van der Waals surface area contributed by atoms with Crippen LogP contribution in [0, 0.1) is 5.92 Å². The van der Waals surface area contributed by atoms with Crippen LogP contribution in [0.3, 0.4) is 0 Å². The molecule has 0 bridgehead atoms. The molecule has 5 nitrogen and oxygen atoms in total. The Kier molecular flexibility index (Phi) is 3.34. The van der Waals surface area contributed by atoms with Gasteiger partial charge < -0.3 is 15.2 Å². The number of ether oxygens (including phenoxy) is 1. The van der Waals surface area contributed by atoms with E-state index in [2.05, 4.69) is 5.32 Å². The number of rotatable bonds is 2. The fourth-order valence-electron chi connectivity index (χ4n) is 1.48. The van der Waals surface area contributed by atoms with Crippen LogP contribution in [0.5, 0.6) is 0 Å². The Bertz CT molecular complexity index is 269. The fourth-order valence-corrected chi connectivity index (χ4v) is 1.48. The van der Waals surface area contributed by atoms with Crippen molar-refractivity contribution >= 4 is 11.9 Å². The van der Waals surface area contributed by atoms with Gasteiger partial charge >= 0.3 is 11.9 Å². The number of esters is 1. The molecule has 2 unspecified atom stereocenters. The lowest BCUT2D eigenvalue weighted by molar-refractivity contribution is -0.157. The second kappa shape index (κ2) is 4.18. The Hall–Kier alpha value is -1.10. The monoisotopic (exact) mass is 215 g/mol. The van der Waals surface area contributed by atoms with Gasteiger partial charge in [0.05, 0.1) is 5.92 Å². The summed E-state index contributed by atoms with van der Waals surface area (Å²) in [7, 11) is 0. The van der Waals surface area contributed by atoms with Gasteiger partial charge in [0.1, 0.15) is 11.6 Å². The van der Waals surface area contributed by atoms with Crippen LogP contribution in [0.1, 0.15) is 27.2 Å². The zero-order chi connectivity index (χ0) is 11.6. The van der Waals surface area contributed by atoms with Crippen molar-refractivity contribution in [3.63, 3.8) is 0 Å². The van der Waals surface area contributed by atoms with Gasteiger partial charge in [0.15, 0.2) is 0 Å². The maximum Gasteiger partial charge on any atom is 0.323 e. The smallest absolute Gasteiger partial charge is 0.323 e. The highest BCUT2D eigenvalue weighted by molar-refractivity contribution is 5.79. The lowest BCUT2D eigenvalue weighted by atomic mass is 10.1. The van der Waals surface area contributed by atoms with E-state index < -0.39 is 23.5 Å². The molecule has 1 saturated heterocycles. The number of carboxylic acids is 1. The van der Waals surface area contributed by atoms with E-state index in [9.17, 15) is 9.59 Å². The molecule has 1 heterocycles. The highest BCUT2D eigenvalue weighted by atomic mass is 16.6. The van der Waals surface area contributed by atoms with Crippen LogP contribution in [0.4, 0.5) is 0 Å². The molecular formula is C10H17NO4. The van der Waals surface area contributed by atoms with Crippen LogP contribution < -0.4 is 5.32 Å². The van der Waals surface area contributed by atoms with E-state index in [0.29, 0.717) is 13.0 Å². The number of carboxylic acid groups (broad SMARTS) is 1. The van der Waals surface area contributed by atoms with Crippen LogP contribution >= 0.6 is 0 Å². The molecule has 2 N–H and O–H groups in total. The Morgan fingerprint density at radius 1 is 1.40 bits per heavy atom. The van der Waals surface area contributed by atoms with Crippen LogP contribution in [0.2, 0.25) is 0 Å². The van der Waals surface area contributed by atoms with Gasteiger partial charge in [0.2, 0.25) is 0 Å². The second-order valence-electron chi connectivity index (χ2n) is 4.77. The average Bonchev–Trinajstić information content (AvgIpc) is 2.47. The van der Waals surface area contributed by atoms with Crippen molar-refractivity contribution in [1.29, 1.82) is 0 Å². The van der Waals surface area contributed by atoms with Gasteiger partial charge in [-0.25, -0.2) is 0 Å². The summed E-state index contributed by atoms with van der Waals surface area (Å²) < 4.78 is 5.16. The lowest BCUT2D eigenvalue weighted by Crippen LogP contribution is -2.37. The van der Waals surface area contributed by atoms with Gasteiger partial charge in [0, 0.05) is 6.54 Å². The summed E-state index contributed by atoms with van der Waals surface area (Å²) in [5.74, 6) is -1.72. The number of hydrogen-bond donors (Lipinski definition) is 2. The summed E-state index contributed by atoms with van der Waals surface area (Å²) in [5.41, 5.74) is -0.528. The SMILES string of the molecule is CC(C)(C)OC(=O)C1CC(C(=O)O)CN1. The van der Waals surface area contributed by atoms with Crippen molar-refractivity contribution in [2.24, 2.45) is 5.92 Å². The van der Waals surface area contributed by atoms with E-state index in [0.717, 1.165) is 0 Å². The van der Waals surface area contributed by atoms with Crippen molar-refractivity contribution < 1.29 is 19.4 Å². The summed E-state index contributed by atoms with van der Waals surface area (Å²) in [5, 5.41) is 11.6. The molecule has 0 aromatic heterocycles. The molecule has 0 amide bonds. The molecule has 0 aromatic carbocycles. The first-order chi connectivity index (χ1) is 6.79. The zero-order valence-electron chi connectivity index (χ0n) is 9.24. The third-order valence-electron chi connectivity index (χ3n) is 2.17. The molecule has 0 aliphatic carbocycles. The maximum atomic E-state index is 11.6. The zero-order valence-corrected chi connectivity index (χ0v) is 9.24. The highest BCUT2D eigenvalue weighted by Crippen LogP contribution is 2.17. The first kappa shape index (κ1) is 12.0. The average molecular weight is 215 g/mol. The Morgan fingerprint density at radius 3 is 2.40 bits per heavy atom. The number of hydrogen-bond acceptors (Lipinski definition) is 4. The third kappa shape index (κ3) is 3.51. The Balaban J connectivity index is 2.47. The second-order valence-corrected chi connectivity index (χ2v) is 4.77. The Morgan fingerprint density at radius 2 is 2.00 bits per heavy atom. The number of aliphatic carboxylic acids is 1. The minimum absolute atomic E-state index is 0.310. The molecule has 5 heteroatoms. The molecule has 0 spiro atoms. The predicted octanol–water partition coefficient (Wildman–Crippen LogP) is 0.391. The molecule has 86 valence electrons. The minimum Gasteiger partial charge on any atom is -0.481 e. The fraction of sp³-hybridized carbons (Fsp3) is 0.800. The third-order valence-corrected chi connectivity index (χ3v) is 2.17. The minimum atomic E-state index is -0.867. The summed E-state index contributed by atoms with van der Waals surface area (Å²) >= 11 is 0. The predicted molar refractivity (Wildman–Crippen MR) is 53.4 cm³/mol. The maximum absolute atomic E-state index is 11.6. The molecule has 0 aromatic rings. The molecule has 2 atom stereocenters. The van der Waals surface area contributed by atoms with Crippen LogP contribution in [-0.2, 0) is 14.3 Å². The van der Waals surface area contributed by atoms with E-state index >= 15 is 0 Å². The van der Waals surface area contributed by atoms with E-state index in [4.69, 9.17) is 9.84 Å². The van der Waals surface area contributed by atoms with Gasteiger partial charge in [-0.15, -0.1) is 0 Å². The molecule has 0 radical (unpaired) electrons. The highest BCUT2D eigenvalue weighted by Gasteiger charge is 2.35. The van der Waals surface area contributed by atoms with E-state index in [-0.39, 0.29) is 5.97 Å². The molecular weight excluding hydrogens is 198 g/mol. The topological polar surface area (TPSA) is 75.6 Å². The number of nitrogens with one attached hydrogen (secondary N) is 1. The molecule has 1 aliphatic heterocycles. The lowest BCUT2D eigenvalue weighted by Gasteiger charge is -2.21. The molecule has 0 saturated carbocycles. The van der Waals surface area contributed by atoms with Crippen molar-refractivity contribution in [3.8, 4) is 0 Å². The van der Waals surface area contributed by atoms with Gasteiger partial charge in [-0.1, -0.05) is 0 Å². The van der Waals surface area contributed by atoms with E-state index in [1.165, 1.54) is 0 Å². The number of carbonyl (C=O) groups is 2. The number of carbonyl (C=O) groups excluding carboxylic acids is 1. The van der Waals surface area contributed by atoms with Gasteiger partial charge in [-0.3, -0.25) is 9.59 Å². The molecule has 1 fully saturated rings. The van der Waals surface area contributed by atoms with Crippen LogP contribution in [0.15, 0.2) is 0 Å². The van der Waals surface area contributed by atoms with Gasteiger partial charge in [-0.05, 0) is 27.2 Å². The first-order valence-corrected chi connectivity index (χ1v) is 4.98. The summed E-state index contributed by atoms with van der Waals surface area (Å²) in [6, 6.07) is -0.481. The summed E-state index contributed by atoms with van der Waals surface area (Å²) in [6.07, 6.45) is 0.310. The normalized spacial score (nSPS) is 26.3. The van der Waals surface area contributed by atoms with Crippen LogP contribution in [0.25, 0.3) is 0 Å². The van der Waals surface area contributed by atoms with Gasteiger partial charge in [-0.2, -0.15) is 0 Å². The van der Waals surface area contributed by atoms with Crippen LogP contribution in [-0.4, -0.2) is 35.2 Å². The largest absolute Gasteiger partial charge is 0.481 e. The summed E-state index contributed by atoms with van der Waals surface area (Å²) in [4.78, 5) is 22.2. The summed E-state index contributed by atoms with van der Waals surface area (Å²) in [6.45, 7) is 5.69. The van der Waals surface area contributed by atoms with Crippen molar-refractivity contribution in [2.75, 3.05) is 6.54 Å². The first-order valence-electron chi connectivity index (χ1n) is 4.98. The molecule has 1 aliphatic rings. The van der Waals surface area contributed by atoms with Crippen molar-refractivity contribution in [2.45, 2.75) is 38.8 Å². The standard InChI is InChI=1S/C10H17NO4/c1-10(2,3)15-9(14)7-4-6(5-11-7)8(12)13/h6-7,11H,4-5H2,1-3H3,(H,12,13).